The van der Waals surface area contributed by atoms with Gasteiger partial charge in [-0.2, -0.15) is 0 Å². The molecule has 7 atom stereocenters. The summed E-state index contributed by atoms with van der Waals surface area (Å²) in [5.41, 5.74) is 0. The Labute approximate surface area is 535 Å². The lowest BCUT2D eigenvalue weighted by atomic mass is 9.99. The fourth-order valence-corrected chi connectivity index (χ4v) is 11.5. The second kappa shape index (κ2) is 64.9. The monoisotopic (exact) mass is 1230 g/mol. The number of unbranched alkanes of at least 4 members (excludes halogenated alkanes) is 43. The number of nitrogens with one attached hydrogen (secondary N) is 1. The predicted molar refractivity (Wildman–Crippen MR) is 366 cm³/mol. The third-order valence-corrected chi connectivity index (χ3v) is 17.3. The zero-order chi connectivity index (χ0) is 63.0. The first kappa shape index (κ1) is 82.4. The van der Waals surface area contributed by atoms with Crippen LogP contribution in [0.4, 0.5) is 0 Å². The van der Waals surface area contributed by atoms with Gasteiger partial charge in [-0.15, -0.1) is 0 Å². The molecule has 1 rings (SSSR count). The second-order valence-corrected chi connectivity index (χ2v) is 25.6. The van der Waals surface area contributed by atoms with Crippen LogP contribution in [0.2, 0.25) is 0 Å². The van der Waals surface area contributed by atoms with Crippen molar-refractivity contribution >= 4 is 11.9 Å². The fraction of sp³-hybridized carbons (Fsp3) is 0.842. The summed E-state index contributed by atoms with van der Waals surface area (Å²) in [6.07, 6.45) is 76.5. The van der Waals surface area contributed by atoms with E-state index in [1.165, 1.54) is 244 Å². The van der Waals surface area contributed by atoms with Gasteiger partial charge in [-0.05, 0) is 89.9 Å². The maximum absolute atomic E-state index is 13.1. The van der Waals surface area contributed by atoms with Crippen molar-refractivity contribution in [2.45, 2.75) is 391 Å². The number of aliphatic hydroxyl groups excluding tert-OH is 5. The normalized spacial score (nSPS) is 18.2. The Morgan fingerprint density at radius 2 is 0.782 bits per heavy atom. The molecule has 7 unspecified atom stereocenters. The predicted octanol–water partition coefficient (Wildman–Crippen LogP) is 19.3. The number of allylic oxidation sites excluding steroid dienone is 9. The molecule has 1 aliphatic heterocycles. The van der Waals surface area contributed by atoms with E-state index in [4.69, 9.17) is 14.2 Å². The minimum Gasteiger partial charge on any atom is -0.466 e. The molecule has 0 aliphatic carbocycles. The molecule has 1 saturated heterocycles. The summed E-state index contributed by atoms with van der Waals surface area (Å²) in [7, 11) is 0. The lowest BCUT2D eigenvalue weighted by Crippen LogP contribution is -2.60. The summed E-state index contributed by atoms with van der Waals surface area (Å²) in [4.78, 5) is 25.1. The molecule has 0 aromatic rings. The van der Waals surface area contributed by atoms with Gasteiger partial charge in [-0.1, -0.05) is 306 Å². The van der Waals surface area contributed by atoms with E-state index in [2.05, 4.69) is 67.8 Å². The van der Waals surface area contributed by atoms with Gasteiger partial charge in [0.2, 0.25) is 5.91 Å². The van der Waals surface area contributed by atoms with E-state index in [0.29, 0.717) is 19.4 Å². The van der Waals surface area contributed by atoms with E-state index in [9.17, 15) is 35.1 Å². The lowest BCUT2D eigenvalue weighted by molar-refractivity contribution is -0.302. The zero-order valence-electron chi connectivity index (χ0n) is 56.5. The van der Waals surface area contributed by atoms with Crippen molar-refractivity contribution in [2.75, 3.05) is 19.8 Å². The van der Waals surface area contributed by atoms with Crippen LogP contribution in [-0.2, 0) is 23.8 Å². The Bertz CT molecular complexity index is 1630. The van der Waals surface area contributed by atoms with Crippen LogP contribution in [0.3, 0.4) is 0 Å². The van der Waals surface area contributed by atoms with E-state index >= 15 is 0 Å². The summed E-state index contributed by atoms with van der Waals surface area (Å²) in [5.74, 6) is -0.187. The summed E-state index contributed by atoms with van der Waals surface area (Å²) >= 11 is 0. The number of ether oxygens (including phenoxy) is 3. The van der Waals surface area contributed by atoms with Gasteiger partial charge >= 0.3 is 5.97 Å². The Morgan fingerprint density at radius 3 is 1.21 bits per heavy atom. The van der Waals surface area contributed by atoms with Crippen LogP contribution in [0.5, 0.6) is 0 Å². The van der Waals surface area contributed by atoms with Crippen LogP contribution in [0.1, 0.15) is 348 Å². The highest BCUT2D eigenvalue weighted by molar-refractivity contribution is 5.76. The molecule has 0 bridgehead atoms. The average molecular weight is 1230 g/mol. The quantitative estimate of drug-likeness (QED) is 0.0195. The van der Waals surface area contributed by atoms with Crippen LogP contribution < -0.4 is 5.32 Å². The van der Waals surface area contributed by atoms with Gasteiger partial charge in [0.15, 0.2) is 6.29 Å². The Balaban J connectivity index is 1.99. The van der Waals surface area contributed by atoms with Crippen molar-refractivity contribution in [1.82, 2.24) is 5.32 Å². The average Bonchev–Trinajstić information content (AvgIpc) is 3.16. The van der Waals surface area contributed by atoms with Crippen molar-refractivity contribution in [2.24, 2.45) is 0 Å². The molecule has 508 valence electrons. The number of aliphatic hydroxyl groups is 5. The first-order valence-electron chi connectivity index (χ1n) is 37.1. The number of carbonyl (C=O) groups is 2. The van der Waals surface area contributed by atoms with Gasteiger partial charge in [0.1, 0.15) is 24.4 Å². The van der Waals surface area contributed by atoms with Gasteiger partial charge in [-0.3, -0.25) is 9.59 Å². The summed E-state index contributed by atoms with van der Waals surface area (Å²) < 4.78 is 16.7. The van der Waals surface area contributed by atoms with Crippen molar-refractivity contribution in [1.29, 1.82) is 0 Å². The van der Waals surface area contributed by atoms with Crippen LogP contribution in [0.25, 0.3) is 0 Å². The highest BCUT2D eigenvalue weighted by Gasteiger charge is 2.44. The molecule has 0 aromatic carbocycles. The van der Waals surface area contributed by atoms with Crippen molar-refractivity contribution in [3.05, 3.63) is 60.8 Å². The van der Waals surface area contributed by atoms with Gasteiger partial charge in [-0.25, -0.2) is 0 Å². The minimum absolute atomic E-state index is 0.00620. The smallest absolute Gasteiger partial charge is 0.305 e. The molecule has 87 heavy (non-hydrogen) atoms. The number of carbonyl (C=O) groups excluding carboxylic acids is 2. The first-order chi connectivity index (χ1) is 42.7. The molecule has 11 nitrogen and oxygen atoms in total. The molecule has 11 heteroatoms. The number of esters is 1. The molecule has 1 fully saturated rings. The largest absolute Gasteiger partial charge is 0.466 e. The molecule has 1 amide bonds. The van der Waals surface area contributed by atoms with E-state index < -0.39 is 49.5 Å². The highest BCUT2D eigenvalue weighted by atomic mass is 16.7. The Kier molecular flexibility index (Phi) is 61.4. The van der Waals surface area contributed by atoms with Gasteiger partial charge in [0.25, 0.3) is 0 Å². The fourth-order valence-electron chi connectivity index (χ4n) is 11.5. The van der Waals surface area contributed by atoms with E-state index in [1.54, 1.807) is 6.08 Å². The zero-order valence-corrected chi connectivity index (χ0v) is 56.5. The Hall–Kier alpha value is -2.64. The van der Waals surface area contributed by atoms with Crippen LogP contribution >= 0.6 is 0 Å². The van der Waals surface area contributed by atoms with Crippen LogP contribution in [0, 0.1) is 0 Å². The second-order valence-electron chi connectivity index (χ2n) is 25.6. The third kappa shape index (κ3) is 53.7. The standard InChI is InChI=1S/C76H139NO10/c1-3-5-7-9-11-13-15-16-36-39-43-46-50-54-58-62-69(79)68(67-86-76-75(84)74(83)73(82)70(66-78)87-76)77-71(80)63-59-55-51-47-44-40-37-34-32-30-28-26-24-22-20-18-17-19-21-23-25-27-29-31-33-35-38-41-45-49-53-57-61-65-85-72(81)64-60-56-52-48-42-14-12-10-8-6-4-2/h15-16,21,23,27,29,43,46,58,62,68-70,73-76,78-79,82-84H,3-14,17-20,22,24-26,28,30-42,44-45,47-57,59-61,63-67H2,1-2H3,(H,77,80)/b16-15+,23-21-,29-27-,46-43+,62-58+. The molecular weight excluding hydrogens is 1090 g/mol. The van der Waals surface area contributed by atoms with Crippen molar-refractivity contribution in [3.8, 4) is 0 Å². The van der Waals surface area contributed by atoms with E-state index in [0.717, 1.165) is 77.0 Å². The molecule has 0 radical (unpaired) electrons. The van der Waals surface area contributed by atoms with E-state index in [1.807, 2.05) is 6.08 Å². The molecular formula is C76H139NO10. The number of amides is 1. The van der Waals surface area contributed by atoms with Gasteiger partial charge in [0, 0.05) is 12.8 Å². The third-order valence-electron chi connectivity index (χ3n) is 17.3. The minimum atomic E-state index is -1.58. The van der Waals surface area contributed by atoms with Crippen LogP contribution in [0.15, 0.2) is 60.8 Å². The summed E-state index contributed by atoms with van der Waals surface area (Å²) in [6.45, 7) is 4.33. The number of rotatable bonds is 65. The Morgan fingerprint density at radius 1 is 0.425 bits per heavy atom. The topological polar surface area (TPSA) is 175 Å². The summed E-state index contributed by atoms with van der Waals surface area (Å²) in [6, 6.07) is -0.835. The molecule has 1 aliphatic rings. The van der Waals surface area contributed by atoms with Crippen molar-refractivity contribution in [3.63, 3.8) is 0 Å². The molecule has 0 spiro atoms. The van der Waals surface area contributed by atoms with Crippen LogP contribution in [-0.4, -0.2) is 100 Å². The van der Waals surface area contributed by atoms with E-state index in [-0.39, 0.29) is 18.5 Å². The maximum atomic E-state index is 13.1. The highest BCUT2D eigenvalue weighted by Crippen LogP contribution is 2.23. The van der Waals surface area contributed by atoms with Crippen molar-refractivity contribution < 1.29 is 49.3 Å². The first-order valence-corrected chi connectivity index (χ1v) is 37.1. The SMILES string of the molecule is CCCCCCC/C=C/CC/C=C/CC/C=C/C(O)C(COC1OC(CO)C(O)C(O)C1O)NC(=O)CCCCCCCCCCCCCCCCCCC/C=C\C/C=C\CCCCCCCCCCCOC(=O)CCCCCCCCCCCCC. The molecule has 0 aromatic heterocycles. The van der Waals surface area contributed by atoms with Gasteiger partial charge < -0.3 is 45.1 Å². The molecule has 0 saturated carbocycles. The number of hydrogen-bond acceptors (Lipinski definition) is 10. The lowest BCUT2D eigenvalue weighted by Gasteiger charge is -2.40. The number of hydrogen-bond donors (Lipinski definition) is 6. The van der Waals surface area contributed by atoms with Gasteiger partial charge in [0.05, 0.1) is 32.0 Å². The summed E-state index contributed by atoms with van der Waals surface area (Å²) in [5, 5.41) is 54.5. The molecule has 6 N–H and O–H groups in total. The maximum Gasteiger partial charge on any atom is 0.305 e. The molecule has 1 heterocycles.